The van der Waals surface area contributed by atoms with Crippen LogP contribution in [0.1, 0.15) is 66.7 Å². The summed E-state index contributed by atoms with van der Waals surface area (Å²) in [4.78, 5) is 2.43. The maximum atomic E-state index is 6.43. The van der Waals surface area contributed by atoms with E-state index in [4.69, 9.17) is 14.2 Å². The van der Waals surface area contributed by atoms with E-state index in [0.717, 1.165) is 63.9 Å². The quantitative estimate of drug-likeness (QED) is 0.616. The van der Waals surface area contributed by atoms with E-state index >= 15 is 0 Å². The molecule has 4 nitrogen and oxygen atoms in total. The molecule has 148 valence electrons. The molecule has 4 heteroatoms. The molecule has 0 amide bonds. The molecule has 2 aliphatic rings. The third kappa shape index (κ3) is 5.41. The van der Waals surface area contributed by atoms with Gasteiger partial charge in [0.15, 0.2) is 5.79 Å². The molecule has 0 bridgehead atoms. The van der Waals surface area contributed by atoms with E-state index < -0.39 is 0 Å². The number of methoxy groups -OCH3 is 1. The highest BCUT2D eigenvalue weighted by Gasteiger charge is 2.46. The van der Waals surface area contributed by atoms with Crippen LogP contribution in [0.5, 0.6) is 0 Å². The number of nitrogens with zero attached hydrogens (tertiary/aromatic N) is 1. The molecule has 25 heavy (non-hydrogen) atoms. The SMILES string of the molecule is CCN(CCOC)CCC1COC2(CCC(C(C)(C)C(C)C)CC2)O1. The van der Waals surface area contributed by atoms with Gasteiger partial charge in [0.2, 0.25) is 0 Å². The van der Waals surface area contributed by atoms with E-state index in [1.165, 1.54) is 12.8 Å². The van der Waals surface area contributed by atoms with Crippen LogP contribution >= 0.6 is 0 Å². The number of likely N-dealkylation sites (N-methyl/N-ethyl adjacent to an activating group) is 1. The van der Waals surface area contributed by atoms with Gasteiger partial charge in [0.1, 0.15) is 0 Å². The average Bonchev–Trinajstić information content (AvgIpc) is 2.98. The zero-order valence-electron chi connectivity index (χ0n) is 17.5. The Bertz CT molecular complexity index is 389. The van der Waals surface area contributed by atoms with Crippen LogP contribution < -0.4 is 0 Å². The van der Waals surface area contributed by atoms with Crippen molar-refractivity contribution < 1.29 is 14.2 Å². The standard InChI is InChI=1S/C21H41NO3/c1-7-22(14-15-23-6)13-10-19-16-24-21(25-19)11-8-18(9-12-21)20(4,5)17(2)3/h17-19H,7-16H2,1-6H3. The second-order valence-electron chi connectivity index (χ2n) is 8.93. The van der Waals surface area contributed by atoms with Crippen LogP contribution in [0.15, 0.2) is 0 Å². The fourth-order valence-corrected chi connectivity index (χ4v) is 4.27. The maximum absolute atomic E-state index is 6.43. The molecule has 0 radical (unpaired) electrons. The Morgan fingerprint density at radius 1 is 1.20 bits per heavy atom. The maximum Gasteiger partial charge on any atom is 0.168 e. The van der Waals surface area contributed by atoms with Crippen molar-refractivity contribution in [2.24, 2.45) is 17.3 Å². The number of hydrogen-bond acceptors (Lipinski definition) is 4. The lowest BCUT2D eigenvalue weighted by Crippen LogP contribution is -2.41. The minimum Gasteiger partial charge on any atom is -0.383 e. The molecule has 1 aliphatic heterocycles. The first-order chi connectivity index (χ1) is 11.8. The summed E-state index contributed by atoms with van der Waals surface area (Å²) in [6.07, 6.45) is 5.89. The van der Waals surface area contributed by atoms with Gasteiger partial charge in [0.25, 0.3) is 0 Å². The predicted molar refractivity (Wildman–Crippen MR) is 103 cm³/mol. The zero-order valence-corrected chi connectivity index (χ0v) is 17.5. The lowest BCUT2D eigenvalue weighted by Gasteiger charge is -2.44. The third-order valence-corrected chi connectivity index (χ3v) is 7.03. The van der Waals surface area contributed by atoms with E-state index in [1.807, 2.05) is 0 Å². The normalized spacial score (nSPS) is 30.7. The zero-order chi connectivity index (χ0) is 18.5. The van der Waals surface area contributed by atoms with Crippen molar-refractivity contribution in [2.45, 2.75) is 78.6 Å². The lowest BCUT2D eigenvalue weighted by molar-refractivity contribution is -0.198. The molecule has 0 aromatic carbocycles. The Kier molecular flexibility index (Phi) is 7.75. The molecule has 1 saturated heterocycles. The number of ether oxygens (including phenoxy) is 3. The van der Waals surface area contributed by atoms with Gasteiger partial charge in [-0.3, -0.25) is 0 Å². The van der Waals surface area contributed by atoms with Crippen LogP contribution in [0, 0.1) is 17.3 Å². The van der Waals surface area contributed by atoms with E-state index in [2.05, 4.69) is 39.5 Å². The van der Waals surface area contributed by atoms with E-state index in [1.54, 1.807) is 7.11 Å². The first-order valence-corrected chi connectivity index (χ1v) is 10.4. The van der Waals surface area contributed by atoms with Crippen molar-refractivity contribution in [3.8, 4) is 0 Å². The largest absolute Gasteiger partial charge is 0.383 e. The van der Waals surface area contributed by atoms with E-state index in [9.17, 15) is 0 Å². The van der Waals surface area contributed by atoms with Gasteiger partial charge in [-0.05, 0) is 43.1 Å². The molecule has 1 aliphatic carbocycles. The van der Waals surface area contributed by atoms with Crippen molar-refractivity contribution in [3.63, 3.8) is 0 Å². The van der Waals surface area contributed by atoms with Crippen LogP contribution in [-0.2, 0) is 14.2 Å². The molecule has 0 N–H and O–H groups in total. The van der Waals surface area contributed by atoms with Crippen molar-refractivity contribution in [3.05, 3.63) is 0 Å². The van der Waals surface area contributed by atoms with Gasteiger partial charge in [0.05, 0.1) is 19.3 Å². The van der Waals surface area contributed by atoms with Gasteiger partial charge in [-0.2, -0.15) is 0 Å². The Labute approximate surface area is 155 Å². The molecule has 1 unspecified atom stereocenters. The highest BCUT2D eigenvalue weighted by atomic mass is 16.7. The second-order valence-corrected chi connectivity index (χ2v) is 8.93. The van der Waals surface area contributed by atoms with Crippen LogP contribution in [0.25, 0.3) is 0 Å². The van der Waals surface area contributed by atoms with Crippen molar-refractivity contribution in [2.75, 3.05) is 40.0 Å². The highest BCUT2D eigenvalue weighted by Crippen LogP contribution is 2.48. The van der Waals surface area contributed by atoms with Crippen LogP contribution in [0.2, 0.25) is 0 Å². The summed E-state index contributed by atoms with van der Waals surface area (Å²) in [7, 11) is 1.77. The van der Waals surface area contributed by atoms with Gasteiger partial charge in [0, 0.05) is 33.0 Å². The molecular weight excluding hydrogens is 314 g/mol. The smallest absolute Gasteiger partial charge is 0.168 e. The molecule has 1 atom stereocenters. The van der Waals surface area contributed by atoms with E-state index in [0.29, 0.717) is 5.41 Å². The van der Waals surface area contributed by atoms with Gasteiger partial charge in [-0.25, -0.2) is 0 Å². The molecule has 1 spiro atoms. The molecule has 0 aromatic heterocycles. The number of hydrogen-bond donors (Lipinski definition) is 0. The van der Waals surface area contributed by atoms with Gasteiger partial charge in [-0.1, -0.05) is 34.6 Å². The molecule has 2 rings (SSSR count). The summed E-state index contributed by atoms with van der Waals surface area (Å²) >= 11 is 0. The molecule has 1 saturated carbocycles. The summed E-state index contributed by atoms with van der Waals surface area (Å²) in [6, 6.07) is 0. The minimum absolute atomic E-state index is 0.256. The summed E-state index contributed by atoms with van der Waals surface area (Å²) in [5.41, 5.74) is 0.405. The predicted octanol–water partition coefficient (Wildman–Crippen LogP) is 4.33. The van der Waals surface area contributed by atoms with Gasteiger partial charge >= 0.3 is 0 Å². The highest BCUT2D eigenvalue weighted by molar-refractivity contribution is 4.91. The third-order valence-electron chi connectivity index (χ3n) is 7.03. The Balaban J connectivity index is 1.77. The summed E-state index contributed by atoms with van der Waals surface area (Å²) in [6.45, 7) is 16.5. The fourth-order valence-electron chi connectivity index (χ4n) is 4.27. The van der Waals surface area contributed by atoms with E-state index in [-0.39, 0.29) is 11.9 Å². The van der Waals surface area contributed by atoms with Crippen molar-refractivity contribution in [1.82, 2.24) is 4.90 Å². The number of rotatable bonds is 9. The minimum atomic E-state index is -0.280. The van der Waals surface area contributed by atoms with Crippen LogP contribution in [0.3, 0.4) is 0 Å². The second kappa shape index (κ2) is 9.16. The van der Waals surface area contributed by atoms with Crippen molar-refractivity contribution >= 4 is 0 Å². The van der Waals surface area contributed by atoms with Gasteiger partial charge in [-0.15, -0.1) is 0 Å². The van der Waals surface area contributed by atoms with Crippen LogP contribution in [-0.4, -0.2) is 56.7 Å². The van der Waals surface area contributed by atoms with Crippen LogP contribution in [0.4, 0.5) is 0 Å². The Morgan fingerprint density at radius 3 is 2.44 bits per heavy atom. The van der Waals surface area contributed by atoms with Gasteiger partial charge < -0.3 is 19.1 Å². The topological polar surface area (TPSA) is 30.9 Å². The molecule has 2 fully saturated rings. The fraction of sp³-hybridized carbons (Fsp3) is 1.00. The first kappa shape index (κ1) is 21.1. The first-order valence-electron chi connectivity index (χ1n) is 10.4. The Morgan fingerprint density at radius 2 is 1.88 bits per heavy atom. The summed E-state index contributed by atoms with van der Waals surface area (Å²) in [5.74, 6) is 1.23. The Hall–Kier alpha value is -0.160. The molecular formula is C21H41NO3. The molecule has 0 aromatic rings. The monoisotopic (exact) mass is 355 g/mol. The summed E-state index contributed by atoms with van der Waals surface area (Å²) < 4.78 is 17.8. The lowest BCUT2D eigenvalue weighted by atomic mass is 9.64. The summed E-state index contributed by atoms with van der Waals surface area (Å²) in [5, 5.41) is 0. The average molecular weight is 356 g/mol. The van der Waals surface area contributed by atoms with Crippen molar-refractivity contribution in [1.29, 1.82) is 0 Å². The molecule has 1 heterocycles.